The number of carbonyl (C=O) groups is 3. The number of aliphatic hydroxyl groups is 1. The number of fused-ring (bicyclic) bond motifs is 1. The van der Waals surface area contributed by atoms with Crippen molar-refractivity contribution < 1.29 is 34.4 Å². The number of anilines is 1. The number of benzene rings is 2. The average molecular weight is 440 g/mol. The van der Waals surface area contributed by atoms with E-state index < -0.39 is 47.3 Å². The predicted octanol–water partition coefficient (Wildman–Crippen LogP) is 1.36. The summed E-state index contributed by atoms with van der Waals surface area (Å²) in [6.07, 6.45) is -1.51. The maximum absolute atomic E-state index is 13.6. The zero-order chi connectivity index (χ0) is 23.4. The van der Waals surface area contributed by atoms with Gasteiger partial charge in [0, 0.05) is 11.6 Å². The molecule has 0 aliphatic carbocycles. The molecule has 2 heterocycles. The Morgan fingerprint density at radius 1 is 1.16 bits per heavy atom. The fourth-order valence-electron chi connectivity index (χ4n) is 4.97. The number of aromatic hydroxyl groups is 1. The van der Waals surface area contributed by atoms with E-state index >= 15 is 0 Å². The molecular formula is C23H24N2O7. The third-order valence-corrected chi connectivity index (χ3v) is 6.55. The number of nitrogens with zero attached hydrogens (tertiary/aromatic N) is 1. The molecule has 2 aromatic carbocycles. The number of imide groups is 1. The molecule has 2 saturated heterocycles. The van der Waals surface area contributed by atoms with Crippen LogP contribution < -0.4 is 15.0 Å². The molecule has 0 radical (unpaired) electrons. The number of nitrogens with one attached hydrogen (secondary N) is 1. The number of methoxy groups -OCH3 is 1. The first-order chi connectivity index (χ1) is 15.2. The minimum absolute atomic E-state index is 0.137. The van der Waals surface area contributed by atoms with Gasteiger partial charge in [-0.2, -0.15) is 0 Å². The summed E-state index contributed by atoms with van der Waals surface area (Å²) in [6, 6.07) is 10.4. The number of carboxylic acids is 1. The van der Waals surface area contributed by atoms with Crippen LogP contribution in [0.3, 0.4) is 0 Å². The van der Waals surface area contributed by atoms with Crippen molar-refractivity contribution in [3.8, 4) is 11.5 Å². The van der Waals surface area contributed by atoms with E-state index in [0.29, 0.717) is 11.3 Å². The number of aryl methyl sites for hydroxylation is 1. The van der Waals surface area contributed by atoms with Crippen molar-refractivity contribution in [1.29, 1.82) is 0 Å². The molecule has 168 valence electrons. The lowest BCUT2D eigenvalue weighted by atomic mass is 9.76. The topological polar surface area (TPSA) is 136 Å². The van der Waals surface area contributed by atoms with Gasteiger partial charge in [-0.15, -0.1) is 0 Å². The van der Waals surface area contributed by atoms with Crippen LogP contribution in [-0.4, -0.2) is 51.9 Å². The van der Waals surface area contributed by atoms with Gasteiger partial charge in [-0.05, 0) is 31.5 Å². The maximum atomic E-state index is 13.6. The molecule has 0 spiro atoms. The molecule has 9 heteroatoms. The number of rotatable bonds is 5. The van der Waals surface area contributed by atoms with Crippen LogP contribution in [0.4, 0.5) is 5.69 Å². The minimum atomic E-state index is -2.13. The van der Waals surface area contributed by atoms with E-state index in [9.17, 15) is 29.7 Å². The lowest BCUT2D eigenvalue weighted by molar-refractivity contribution is -0.154. The van der Waals surface area contributed by atoms with E-state index in [1.807, 2.05) is 0 Å². The Labute approximate surface area is 184 Å². The van der Waals surface area contributed by atoms with Crippen molar-refractivity contribution in [3.63, 3.8) is 0 Å². The summed E-state index contributed by atoms with van der Waals surface area (Å²) in [6.45, 7) is 3.01. The van der Waals surface area contributed by atoms with Gasteiger partial charge in [0.2, 0.25) is 11.8 Å². The van der Waals surface area contributed by atoms with Gasteiger partial charge in [0.15, 0.2) is 17.0 Å². The van der Waals surface area contributed by atoms with Crippen LogP contribution in [0.25, 0.3) is 0 Å². The van der Waals surface area contributed by atoms with Gasteiger partial charge < -0.3 is 20.1 Å². The zero-order valence-corrected chi connectivity index (χ0v) is 17.8. The van der Waals surface area contributed by atoms with E-state index in [-0.39, 0.29) is 17.1 Å². The number of hydrogen-bond donors (Lipinski definition) is 4. The summed E-state index contributed by atoms with van der Waals surface area (Å²) in [7, 11) is 1.37. The van der Waals surface area contributed by atoms with E-state index in [2.05, 4.69) is 5.32 Å². The molecule has 0 bridgehead atoms. The van der Waals surface area contributed by atoms with Crippen LogP contribution in [0.5, 0.6) is 11.5 Å². The highest BCUT2D eigenvalue weighted by Gasteiger charge is 2.70. The highest BCUT2D eigenvalue weighted by Crippen LogP contribution is 2.53. The van der Waals surface area contributed by atoms with Crippen molar-refractivity contribution in [2.75, 3.05) is 12.0 Å². The van der Waals surface area contributed by atoms with E-state index in [1.165, 1.54) is 26.2 Å². The number of amides is 2. The number of phenols is 1. The summed E-state index contributed by atoms with van der Waals surface area (Å²) in [5, 5.41) is 34.2. The Morgan fingerprint density at radius 3 is 2.44 bits per heavy atom. The average Bonchev–Trinajstić information content (AvgIpc) is 3.24. The molecule has 5 unspecified atom stereocenters. The van der Waals surface area contributed by atoms with E-state index in [0.717, 1.165) is 4.90 Å². The van der Waals surface area contributed by atoms with E-state index in [4.69, 9.17) is 4.74 Å². The first kappa shape index (κ1) is 21.8. The van der Waals surface area contributed by atoms with Crippen LogP contribution in [0.1, 0.15) is 24.1 Å². The highest BCUT2D eigenvalue weighted by molar-refractivity contribution is 6.24. The SMILES string of the molecule is COc1cccc(C2NC(C(=O)O)(C(C)O)C3C(=O)N(c4ccccc4C)C(=O)C23)c1O. The maximum Gasteiger partial charge on any atom is 0.327 e. The molecule has 32 heavy (non-hydrogen) atoms. The summed E-state index contributed by atoms with van der Waals surface area (Å²) < 4.78 is 5.15. The standard InChI is InChI=1S/C23H24N2O7/c1-11-7-4-5-9-14(11)25-20(28)16-17(21(25)29)23(12(2)26,22(30)31)24-18(16)13-8-6-10-15(32-3)19(13)27/h4-10,12,16-18,24,26-27H,1-3H3,(H,30,31). The fraction of sp³-hybridized carbons (Fsp3) is 0.348. The van der Waals surface area contributed by atoms with E-state index in [1.54, 1.807) is 37.3 Å². The second-order valence-electron chi connectivity index (χ2n) is 8.17. The molecule has 4 N–H and O–H groups in total. The Morgan fingerprint density at radius 2 is 1.84 bits per heavy atom. The lowest BCUT2D eigenvalue weighted by Crippen LogP contribution is -2.62. The number of para-hydroxylation sites is 2. The Balaban J connectivity index is 1.93. The number of aliphatic carboxylic acids is 1. The zero-order valence-electron chi connectivity index (χ0n) is 17.8. The molecule has 2 fully saturated rings. The number of aliphatic hydroxyl groups excluding tert-OH is 1. The van der Waals surface area contributed by atoms with Gasteiger partial charge in [0.25, 0.3) is 0 Å². The third kappa shape index (κ3) is 2.81. The van der Waals surface area contributed by atoms with Gasteiger partial charge in [-0.1, -0.05) is 30.3 Å². The van der Waals surface area contributed by atoms with Gasteiger partial charge in [-0.3, -0.25) is 19.7 Å². The van der Waals surface area contributed by atoms with Crippen LogP contribution in [-0.2, 0) is 14.4 Å². The van der Waals surface area contributed by atoms with Crippen molar-refractivity contribution in [1.82, 2.24) is 5.32 Å². The van der Waals surface area contributed by atoms with Crippen molar-refractivity contribution in [2.24, 2.45) is 11.8 Å². The second-order valence-corrected chi connectivity index (χ2v) is 8.17. The molecule has 2 aliphatic rings. The summed E-state index contributed by atoms with van der Waals surface area (Å²) in [5.74, 6) is -5.45. The van der Waals surface area contributed by atoms with Crippen LogP contribution >= 0.6 is 0 Å². The first-order valence-electron chi connectivity index (χ1n) is 10.1. The molecule has 2 amide bonds. The van der Waals surface area contributed by atoms with Crippen molar-refractivity contribution in [3.05, 3.63) is 53.6 Å². The molecule has 0 aromatic heterocycles. The fourth-order valence-corrected chi connectivity index (χ4v) is 4.97. The monoisotopic (exact) mass is 440 g/mol. The molecule has 9 nitrogen and oxygen atoms in total. The van der Waals surface area contributed by atoms with Crippen LogP contribution in [0, 0.1) is 18.8 Å². The lowest BCUT2D eigenvalue weighted by Gasteiger charge is -2.33. The molecule has 5 atom stereocenters. The summed E-state index contributed by atoms with van der Waals surface area (Å²) in [4.78, 5) is 40.6. The third-order valence-electron chi connectivity index (χ3n) is 6.55. The molecule has 0 saturated carbocycles. The minimum Gasteiger partial charge on any atom is -0.504 e. The number of hydrogen-bond acceptors (Lipinski definition) is 7. The molecule has 2 aliphatic heterocycles. The van der Waals surface area contributed by atoms with Gasteiger partial charge in [-0.25, -0.2) is 4.90 Å². The van der Waals surface area contributed by atoms with Gasteiger partial charge >= 0.3 is 5.97 Å². The molecular weight excluding hydrogens is 416 g/mol. The second kappa shape index (κ2) is 7.61. The quantitative estimate of drug-likeness (QED) is 0.512. The Kier molecular flexibility index (Phi) is 5.18. The van der Waals surface area contributed by atoms with Crippen LogP contribution in [0.15, 0.2) is 42.5 Å². The smallest absolute Gasteiger partial charge is 0.327 e. The number of carboxylic acid groups (broad SMARTS) is 1. The highest BCUT2D eigenvalue weighted by atomic mass is 16.5. The normalized spacial score (nSPS) is 28.0. The number of ether oxygens (including phenoxy) is 1. The van der Waals surface area contributed by atoms with Crippen LogP contribution in [0.2, 0.25) is 0 Å². The molecule has 4 rings (SSSR count). The Hall–Kier alpha value is -3.43. The molecule has 2 aromatic rings. The predicted molar refractivity (Wildman–Crippen MR) is 113 cm³/mol. The van der Waals surface area contributed by atoms with Gasteiger partial charge in [0.1, 0.15) is 0 Å². The number of carbonyl (C=O) groups excluding carboxylic acids is 2. The number of phenolic OH excluding ortho intramolecular Hbond substituents is 1. The summed E-state index contributed by atoms with van der Waals surface area (Å²) in [5.41, 5.74) is -0.901. The Bertz CT molecular complexity index is 1120. The van der Waals surface area contributed by atoms with Crippen molar-refractivity contribution >= 4 is 23.5 Å². The summed E-state index contributed by atoms with van der Waals surface area (Å²) >= 11 is 0. The van der Waals surface area contributed by atoms with Crippen molar-refractivity contribution in [2.45, 2.75) is 31.5 Å². The largest absolute Gasteiger partial charge is 0.504 e. The first-order valence-corrected chi connectivity index (χ1v) is 10.1. The van der Waals surface area contributed by atoms with Gasteiger partial charge in [0.05, 0.1) is 30.7 Å².